The van der Waals surface area contributed by atoms with Crippen molar-refractivity contribution in [3.05, 3.63) is 29.3 Å². The first kappa shape index (κ1) is 13.3. The number of rotatable bonds is 3. The van der Waals surface area contributed by atoms with Gasteiger partial charge in [-0.25, -0.2) is 0 Å². The molecule has 0 spiro atoms. The number of benzene rings is 1. The van der Waals surface area contributed by atoms with Crippen molar-refractivity contribution < 1.29 is 9.47 Å². The van der Waals surface area contributed by atoms with Gasteiger partial charge < -0.3 is 9.47 Å². The maximum Gasteiger partial charge on any atom is 0.123 e. The van der Waals surface area contributed by atoms with Gasteiger partial charge >= 0.3 is 0 Å². The molecular weight excluding hydrogens is 260 g/mol. The zero-order chi connectivity index (χ0) is 13.3. The molecule has 3 heteroatoms. The van der Waals surface area contributed by atoms with E-state index >= 15 is 0 Å². The molecule has 0 aromatic heterocycles. The van der Waals surface area contributed by atoms with Gasteiger partial charge in [0.1, 0.15) is 11.9 Å². The minimum atomic E-state index is 0.210. The van der Waals surface area contributed by atoms with Crippen LogP contribution in [0.2, 0.25) is 0 Å². The van der Waals surface area contributed by atoms with E-state index < -0.39 is 0 Å². The van der Waals surface area contributed by atoms with Gasteiger partial charge in [-0.3, -0.25) is 0 Å². The highest BCUT2D eigenvalue weighted by atomic mass is 35.5. The molecule has 0 saturated carbocycles. The minimum absolute atomic E-state index is 0.210. The van der Waals surface area contributed by atoms with Crippen molar-refractivity contribution >= 4 is 11.6 Å². The first-order valence-electron chi connectivity index (χ1n) is 7.11. The van der Waals surface area contributed by atoms with Gasteiger partial charge in [-0.2, -0.15) is 0 Å². The summed E-state index contributed by atoms with van der Waals surface area (Å²) in [6.45, 7) is 3.81. The summed E-state index contributed by atoms with van der Waals surface area (Å²) >= 11 is 6.24. The third kappa shape index (κ3) is 2.75. The lowest BCUT2D eigenvalue weighted by Gasteiger charge is -2.37. The zero-order valence-electron chi connectivity index (χ0n) is 11.5. The van der Waals surface area contributed by atoms with Crippen molar-refractivity contribution in [3.63, 3.8) is 0 Å². The maximum atomic E-state index is 6.24. The summed E-state index contributed by atoms with van der Waals surface area (Å²) in [7, 11) is 0. The molecule has 1 aromatic rings. The first-order chi connectivity index (χ1) is 9.21. The third-order valence-corrected chi connectivity index (χ3v) is 5.02. The third-order valence-electron chi connectivity index (χ3n) is 4.45. The molecule has 2 aliphatic heterocycles. The molecular formula is C16H21ClO2. The summed E-state index contributed by atoms with van der Waals surface area (Å²) in [5, 5.41) is 0. The maximum absolute atomic E-state index is 6.24. The highest BCUT2D eigenvalue weighted by Crippen LogP contribution is 2.41. The SMILES string of the molecule is Cc1ccc2c(c1)CC(CC1(CCl)CCOCC1)O2. The standard InChI is InChI=1S/C16H21ClO2/c1-12-2-3-15-13(8-12)9-14(19-15)10-16(11-17)4-6-18-7-5-16/h2-3,8,14H,4-7,9-11H2,1H3. The second-order valence-electron chi connectivity index (χ2n) is 6.01. The van der Waals surface area contributed by atoms with Crippen molar-refractivity contribution in [2.45, 2.75) is 38.7 Å². The molecule has 2 aliphatic rings. The summed E-state index contributed by atoms with van der Waals surface area (Å²) in [6.07, 6.45) is 4.48. The summed E-state index contributed by atoms with van der Waals surface area (Å²) in [4.78, 5) is 0. The van der Waals surface area contributed by atoms with Crippen LogP contribution in [0.4, 0.5) is 0 Å². The van der Waals surface area contributed by atoms with Crippen LogP contribution in [0.1, 0.15) is 30.4 Å². The molecule has 0 amide bonds. The van der Waals surface area contributed by atoms with Gasteiger partial charge in [0.05, 0.1) is 0 Å². The Hall–Kier alpha value is -0.730. The van der Waals surface area contributed by atoms with Gasteiger partial charge in [-0.15, -0.1) is 11.6 Å². The molecule has 19 heavy (non-hydrogen) atoms. The molecule has 0 bridgehead atoms. The van der Waals surface area contributed by atoms with E-state index in [9.17, 15) is 0 Å². The number of ether oxygens (including phenoxy) is 2. The Bertz CT molecular complexity index is 452. The highest BCUT2D eigenvalue weighted by Gasteiger charge is 2.37. The van der Waals surface area contributed by atoms with E-state index in [4.69, 9.17) is 21.1 Å². The smallest absolute Gasteiger partial charge is 0.123 e. The van der Waals surface area contributed by atoms with Crippen LogP contribution in [0, 0.1) is 12.3 Å². The monoisotopic (exact) mass is 280 g/mol. The van der Waals surface area contributed by atoms with Crippen LogP contribution in [0.15, 0.2) is 18.2 Å². The van der Waals surface area contributed by atoms with Gasteiger partial charge in [-0.1, -0.05) is 17.7 Å². The number of hydrogen-bond donors (Lipinski definition) is 0. The number of hydrogen-bond acceptors (Lipinski definition) is 2. The Labute approximate surface area is 120 Å². The van der Waals surface area contributed by atoms with Gasteiger partial charge in [-0.05, 0) is 43.2 Å². The molecule has 1 saturated heterocycles. The Morgan fingerprint density at radius 1 is 1.32 bits per heavy atom. The fraction of sp³-hybridized carbons (Fsp3) is 0.625. The number of halogens is 1. The summed E-state index contributed by atoms with van der Waals surface area (Å²) in [6, 6.07) is 6.46. The van der Waals surface area contributed by atoms with E-state index in [1.807, 2.05) is 0 Å². The lowest BCUT2D eigenvalue weighted by molar-refractivity contribution is 0.00535. The molecule has 0 aliphatic carbocycles. The average Bonchev–Trinajstić information content (AvgIpc) is 2.81. The topological polar surface area (TPSA) is 18.5 Å². The molecule has 1 atom stereocenters. The predicted octanol–water partition coefficient (Wildman–Crippen LogP) is 3.72. The van der Waals surface area contributed by atoms with Crippen molar-refractivity contribution in [2.24, 2.45) is 5.41 Å². The number of alkyl halides is 1. The average molecular weight is 281 g/mol. The fourth-order valence-corrected chi connectivity index (χ4v) is 3.62. The van der Waals surface area contributed by atoms with E-state index in [0.29, 0.717) is 5.88 Å². The van der Waals surface area contributed by atoms with Crippen LogP contribution >= 0.6 is 11.6 Å². The molecule has 104 valence electrons. The van der Waals surface area contributed by atoms with E-state index in [0.717, 1.165) is 44.6 Å². The van der Waals surface area contributed by atoms with Crippen molar-refractivity contribution in [3.8, 4) is 5.75 Å². The normalized spacial score (nSPS) is 24.8. The minimum Gasteiger partial charge on any atom is -0.490 e. The Balaban J connectivity index is 1.69. The largest absolute Gasteiger partial charge is 0.490 e. The molecule has 0 radical (unpaired) electrons. The Morgan fingerprint density at radius 2 is 2.11 bits per heavy atom. The van der Waals surface area contributed by atoms with E-state index in [1.165, 1.54) is 11.1 Å². The number of fused-ring (bicyclic) bond motifs is 1. The van der Waals surface area contributed by atoms with E-state index in [-0.39, 0.29) is 11.5 Å². The lowest BCUT2D eigenvalue weighted by Crippen LogP contribution is -2.36. The Kier molecular flexibility index (Phi) is 3.72. The van der Waals surface area contributed by atoms with Crippen LogP contribution in [-0.2, 0) is 11.2 Å². The van der Waals surface area contributed by atoms with Crippen LogP contribution in [0.25, 0.3) is 0 Å². The van der Waals surface area contributed by atoms with E-state index in [1.54, 1.807) is 0 Å². The summed E-state index contributed by atoms with van der Waals surface area (Å²) in [5.74, 6) is 1.78. The predicted molar refractivity (Wildman–Crippen MR) is 77.1 cm³/mol. The van der Waals surface area contributed by atoms with Gasteiger partial charge in [0, 0.05) is 25.5 Å². The van der Waals surface area contributed by atoms with Crippen LogP contribution < -0.4 is 4.74 Å². The van der Waals surface area contributed by atoms with Gasteiger partial charge in [0.25, 0.3) is 0 Å². The quantitative estimate of drug-likeness (QED) is 0.786. The second kappa shape index (κ2) is 5.34. The first-order valence-corrected chi connectivity index (χ1v) is 7.64. The van der Waals surface area contributed by atoms with Gasteiger partial charge in [0.2, 0.25) is 0 Å². The highest BCUT2D eigenvalue weighted by molar-refractivity contribution is 6.18. The Morgan fingerprint density at radius 3 is 2.84 bits per heavy atom. The molecule has 1 aromatic carbocycles. The van der Waals surface area contributed by atoms with E-state index in [2.05, 4.69) is 25.1 Å². The summed E-state index contributed by atoms with van der Waals surface area (Å²) in [5.41, 5.74) is 2.87. The molecule has 1 fully saturated rings. The summed E-state index contributed by atoms with van der Waals surface area (Å²) < 4.78 is 11.6. The molecule has 2 heterocycles. The van der Waals surface area contributed by atoms with Crippen molar-refractivity contribution in [2.75, 3.05) is 19.1 Å². The molecule has 2 nitrogen and oxygen atoms in total. The van der Waals surface area contributed by atoms with Crippen LogP contribution in [-0.4, -0.2) is 25.2 Å². The van der Waals surface area contributed by atoms with Crippen molar-refractivity contribution in [1.82, 2.24) is 0 Å². The lowest BCUT2D eigenvalue weighted by atomic mass is 9.77. The van der Waals surface area contributed by atoms with Gasteiger partial charge in [0.15, 0.2) is 0 Å². The van der Waals surface area contributed by atoms with Crippen LogP contribution in [0.3, 0.4) is 0 Å². The number of aryl methyl sites for hydroxylation is 1. The fourth-order valence-electron chi connectivity index (χ4n) is 3.24. The second-order valence-corrected chi connectivity index (χ2v) is 6.27. The molecule has 0 N–H and O–H groups in total. The molecule has 1 unspecified atom stereocenters. The molecule has 3 rings (SSSR count). The zero-order valence-corrected chi connectivity index (χ0v) is 12.2. The van der Waals surface area contributed by atoms with Crippen LogP contribution in [0.5, 0.6) is 5.75 Å². The van der Waals surface area contributed by atoms with Crippen molar-refractivity contribution in [1.29, 1.82) is 0 Å².